The highest BCUT2D eigenvalue weighted by Crippen LogP contribution is 2.32. The van der Waals surface area contributed by atoms with E-state index in [9.17, 15) is 8.42 Å². The maximum absolute atomic E-state index is 12.2. The first kappa shape index (κ1) is 12.4. The number of hydrogen-bond donors (Lipinski definition) is 0. The molecule has 0 bridgehead atoms. The van der Waals surface area contributed by atoms with Crippen LogP contribution in [0.5, 0.6) is 0 Å². The van der Waals surface area contributed by atoms with Gasteiger partial charge in [0.05, 0.1) is 5.75 Å². The lowest BCUT2D eigenvalue weighted by Gasteiger charge is -2.10. The van der Waals surface area contributed by atoms with Crippen LogP contribution in [0.3, 0.4) is 0 Å². The smallest absolute Gasteiger partial charge is 0.195 e. The van der Waals surface area contributed by atoms with Crippen LogP contribution < -0.4 is 0 Å². The van der Waals surface area contributed by atoms with Gasteiger partial charge in [0.25, 0.3) is 0 Å². The number of nitrogens with zero attached hydrogens (tertiary/aromatic N) is 1. The van der Waals surface area contributed by atoms with Crippen LogP contribution in [0.25, 0.3) is 17.2 Å². The van der Waals surface area contributed by atoms with Gasteiger partial charge in [0, 0.05) is 6.42 Å². The van der Waals surface area contributed by atoms with Crippen molar-refractivity contribution in [2.24, 2.45) is 0 Å². The lowest BCUT2D eigenvalue weighted by Crippen LogP contribution is -2.10. The van der Waals surface area contributed by atoms with Crippen molar-refractivity contribution in [2.75, 3.05) is 5.75 Å². The maximum Gasteiger partial charge on any atom is 0.195 e. The molecule has 0 amide bonds. The average molecular weight is 277 g/mol. The molecular weight excluding hydrogens is 262 g/mol. The van der Waals surface area contributed by atoms with Gasteiger partial charge >= 0.3 is 0 Å². The molecular formula is C14H15NO3S. The second kappa shape index (κ2) is 4.49. The molecule has 0 aliphatic carbocycles. The molecule has 0 N–H and O–H groups in total. The van der Waals surface area contributed by atoms with Gasteiger partial charge < -0.3 is 4.42 Å². The van der Waals surface area contributed by atoms with Crippen LogP contribution in [0.1, 0.15) is 31.2 Å². The van der Waals surface area contributed by atoms with E-state index in [0.29, 0.717) is 27.4 Å². The van der Waals surface area contributed by atoms with Crippen molar-refractivity contribution < 1.29 is 12.8 Å². The predicted molar refractivity (Wildman–Crippen MR) is 73.7 cm³/mol. The Kier molecular flexibility index (Phi) is 2.93. The third-order valence-electron chi connectivity index (χ3n) is 3.26. The van der Waals surface area contributed by atoms with Gasteiger partial charge in [0.2, 0.25) is 0 Å². The fraction of sp³-hybridized carbons (Fsp3) is 0.357. The van der Waals surface area contributed by atoms with Gasteiger partial charge in [-0.05, 0) is 18.1 Å². The molecule has 100 valence electrons. The van der Waals surface area contributed by atoms with Crippen molar-refractivity contribution in [3.8, 4) is 0 Å². The van der Waals surface area contributed by atoms with Crippen LogP contribution in [-0.2, 0) is 16.3 Å². The molecule has 0 atom stereocenters. The van der Waals surface area contributed by atoms with E-state index >= 15 is 0 Å². The van der Waals surface area contributed by atoms with Crippen molar-refractivity contribution in [2.45, 2.75) is 31.1 Å². The number of rotatable bonds is 3. The average Bonchev–Trinajstić information content (AvgIpc) is 2.78. The maximum atomic E-state index is 12.2. The minimum absolute atomic E-state index is 0.0319. The van der Waals surface area contributed by atoms with Crippen molar-refractivity contribution >= 4 is 27.0 Å². The minimum atomic E-state index is -3.30. The number of unbranched alkanes of at least 4 members (excludes halogenated alkanes) is 1. The summed E-state index contributed by atoms with van der Waals surface area (Å²) in [5.41, 5.74) is 1.73. The van der Waals surface area contributed by atoms with Gasteiger partial charge in [-0.25, -0.2) is 13.4 Å². The molecule has 1 aromatic carbocycles. The molecule has 0 saturated carbocycles. The summed E-state index contributed by atoms with van der Waals surface area (Å²) in [6.07, 6.45) is 6.28. The Balaban J connectivity index is 2.21. The Hall–Kier alpha value is -1.62. The number of oxazole rings is 1. The zero-order valence-electron chi connectivity index (χ0n) is 10.7. The predicted octanol–water partition coefficient (Wildman–Crippen LogP) is 2.97. The first-order chi connectivity index (χ1) is 9.12. The highest BCUT2D eigenvalue weighted by Gasteiger charge is 2.26. The van der Waals surface area contributed by atoms with Crippen LogP contribution in [0.2, 0.25) is 0 Å². The van der Waals surface area contributed by atoms with Gasteiger partial charge in [-0.15, -0.1) is 0 Å². The topological polar surface area (TPSA) is 60.2 Å². The lowest BCUT2D eigenvalue weighted by molar-refractivity contribution is 0.511. The lowest BCUT2D eigenvalue weighted by atomic mass is 10.2. The van der Waals surface area contributed by atoms with Crippen LogP contribution in [0, 0.1) is 0 Å². The number of aromatic nitrogens is 1. The second-order valence-electron chi connectivity index (χ2n) is 4.73. The summed E-state index contributed by atoms with van der Waals surface area (Å²) < 4.78 is 30.0. The van der Waals surface area contributed by atoms with Crippen molar-refractivity contribution in [1.29, 1.82) is 0 Å². The molecule has 1 aliphatic heterocycles. The third kappa shape index (κ3) is 2.08. The number of fused-ring (bicyclic) bond motifs is 3. The molecule has 3 rings (SSSR count). The van der Waals surface area contributed by atoms with Gasteiger partial charge in [0.15, 0.2) is 21.3 Å². The standard InChI is InChI=1S/C14H15NO3S/c1-2-3-6-12-15-11-8-7-10-5-4-9-19(16,17)14(10)13(11)18-12/h4-5,7-8H,2-3,6,9H2,1H3. The summed E-state index contributed by atoms with van der Waals surface area (Å²) in [5.74, 6) is 0.652. The first-order valence-electron chi connectivity index (χ1n) is 6.43. The van der Waals surface area contributed by atoms with E-state index in [1.54, 1.807) is 12.1 Å². The highest BCUT2D eigenvalue weighted by atomic mass is 32.2. The first-order valence-corrected chi connectivity index (χ1v) is 8.09. The summed E-state index contributed by atoms with van der Waals surface area (Å²) in [6, 6.07) is 3.61. The fourth-order valence-corrected chi connectivity index (χ4v) is 3.74. The monoisotopic (exact) mass is 277 g/mol. The van der Waals surface area contributed by atoms with Crippen LogP contribution >= 0.6 is 0 Å². The zero-order chi connectivity index (χ0) is 13.5. The number of aryl methyl sites for hydroxylation is 1. The molecule has 0 saturated heterocycles. The molecule has 19 heavy (non-hydrogen) atoms. The van der Waals surface area contributed by atoms with Crippen LogP contribution in [0.4, 0.5) is 0 Å². The quantitative estimate of drug-likeness (QED) is 0.865. The summed E-state index contributed by atoms with van der Waals surface area (Å²) >= 11 is 0. The summed E-state index contributed by atoms with van der Waals surface area (Å²) in [4.78, 5) is 4.66. The third-order valence-corrected chi connectivity index (χ3v) is 4.93. The fourth-order valence-electron chi connectivity index (χ4n) is 2.30. The molecule has 1 aliphatic rings. The number of hydrogen-bond acceptors (Lipinski definition) is 4. The molecule has 0 spiro atoms. The molecule has 5 heteroatoms. The molecule has 2 heterocycles. The largest absolute Gasteiger partial charge is 0.439 e. The van der Waals surface area contributed by atoms with Gasteiger partial charge in [-0.3, -0.25) is 0 Å². The molecule has 0 radical (unpaired) electrons. The molecule has 2 aromatic rings. The number of sulfone groups is 1. The SMILES string of the molecule is CCCCc1nc2ccc3c(c2o1)S(=O)(=O)CC=C3. The molecule has 4 nitrogen and oxygen atoms in total. The van der Waals surface area contributed by atoms with Crippen molar-refractivity contribution in [1.82, 2.24) is 4.98 Å². The normalized spacial score (nSPS) is 16.7. The van der Waals surface area contributed by atoms with E-state index in [1.807, 2.05) is 12.1 Å². The minimum Gasteiger partial charge on any atom is -0.439 e. The number of benzene rings is 1. The van der Waals surface area contributed by atoms with Crippen LogP contribution in [-0.4, -0.2) is 19.2 Å². The second-order valence-corrected chi connectivity index (χ2v) is 6.70. The zero-order valence-corrected chi connectivity index (χ0v) is 11.5. The summed E-state index contributed by atoms with van der Waals surface area (Å²) in [7, 11) is -3.30. The van der Waals surface area contributed by atoms with E-state index in [1.165, 1.54) is 0 Å². The Morgan fingerprint density at radius 3 is 3.00 bits per heavy atom. The van der Waals surface area contributed by atoms with Gasteiger partial charge in [-0.2, -0.15) is 0 Å². The Morgan fingerprint density at radius 1 is 1.37 bits per heavy atom. The summed E-state index contributed by atoms with van der Waals surface area (Å²) in [5, 5.41) is 0. The van der Waals surface area contributed by atoms with Gasteiger partial charge in [0.1, 0.15) is 10.4 Å². The van der Waals surface area contributed by atoms with Gasteiger partial charge in [-0.1, -0.05) is 31.6 Å². The Labute approximate surface area is 112 Å². The molecule has 1 aromatic heterocycles. The van der Waals surface area contributed by atoms with E-state index in [2.05, 4.69) is 11.9 Å². The van der Waals surface area contributed by atoms with Crippen molar-refractivity contribution in [3.05, 3.63) is 29.7 Å². The van der Waals surface area contributed by atoms with Crippen molar-refractivity contribution in [3.63, 3.8) is 0 Å². The summed E-state index contributed by atoms with van der Waals surface area (Å²) in [6.45, 7) is 2.10. The van der Waals surface area contributed by atoms with E-state index < -0.39 is 9.84 Å². The molecule has 0 unspecified atom stereocenters. The Morgan fingerprint density at radius 2 is 2.21 bits per heavy atom. The van der Waals surface area contributed by atoms with E-state index in [-0.39, 0.29) is 5.75 Å². The van der Waals surface area contributed by atoms with E-state index in [4.69, 9.17) is 4.42 Å². The molecule has 0 fully saturated rings. The Bertz CT molecular complexity index is 756. The van der Waals surface area contributed by atoms with E-state index in [0.717, 1.165) is 19.3 Å². The highest BCUT2D eigenvalue weighted by molar-refractivity contribution is 7.92. The van der Waals surface area contributed by atoms with Crippen LogP contribution in [0.15, 0.2) is 27.5 Å².